The van der Waals surface area contributed by atoms with Crippen LogP contribution < -0.4 is 11.0 Å². The maximum absolute atomic E-state index is 13.6. The molecule has 2 aromatic rings. The number of rotatable bonds is 6. The van der Waals surface area contributed by atoms with Crippen LogP contribution in [0.15, 0.2) is 48.0 Å². The average Bonchev–Trinajstić information content (AvgIpc) is 3.40. The van der Waals surface area contributed by atoms with E-state index in [2.05, 4.69) is 16.9 Å². The van der Waals surface area contributed by atoms with E-state index in [9.17, 15) is 14.0 Å². The summed E-state index contributed by atoms with van der Waals surface area (Å²) >= 11 is 5.64. The molecule has 1 saturated carbocycles. The molecule has 0 spiro atoms. The number of nitrogens with zero attached hydrogens (tertiary/aromatic N) is 2. The lowest BCUT2D eigenvalue weighted by molar-refractivity contribution is 0.0907. The molecule has 124 valence electrons. The summed E-state index contributed by atoms with van der Waals surface area (Å²) in [4.78, 5) is 29.0. The van der Waals surface area contributed by atoms with Gasteiger partial charge in [0.2, 0.25) is 5.78 Å². The highest BCUT2D eigenvalue weighted by Gasteiger charge is 2.27. The molecule has 0 bridgehead atoms. The van der Waals surface area contributed by atoms with E-state index in [-0.39, 0.29) is 10.6 Å². The molecule has 7 heteroatoms. The minimum Gasteiger partial charge on any atom is -0.365 e. The fourth-order valence-corrected chi connectivity index (χ4v) is 2.55. The molecule has 0 radical (unpaired) electrons. The molecule has 1 aromatic heterocycles. The molecular formula is C17H15ClFN3O2. The van der Waals surface area contributed by atoms with Crippen molar-refractivity contribution in [1.29, 1.82) is 0 Å². The van der Waals surface area contributed by atoms with Crippen molar-refractivity contribution in [2.24, 2.45) is 0 Å². The molecule has 1 unspecified atom stereocenters. The van der Waals surface area contributed by atoms with E-state index >= 15 is 0 Å². The van der Waals surface area contributed by atoms with Crippen LogP contribution in [0.2, 0.25) is 5.02 Å². The van der Waals surface area contributed by atoms with E-state index in [4.69, 9.17) is 11.6 Å². The van der Waals surface area contributed by atoms with Gasteiger partial charge in [0.05, 0.1) is 10.7 Å². The third-order valence-corrected chi connectivity index (χ3v) is 4.16. The van der Waals surface area contributed by atoms with Crippen molar-refractivity contribution in [3.63, 3.8) is 0 Å². The zero-order chi connectivity index (χ0) is 17.3. The largest absolute Gasteiger partial charge is 0.365 e. The standard InChI is InChI=1S/C17H15ClFN3O2/c1-2-20-16(15(23)11-5-6-12(18)13(19)9-11)22-8-7-14(10-3-4-10)21-17(22)24/h2,5-10,16,20H,1,3-4H2. The molecule has 0 aliphatic heterocycles. The molecule has 1 atom stereocenters. The van der Waals surface area contributed by atoms with Crippen molar-refractivity contribution >= 4 is 17.4 Å². The van der Waals surface area contributed by atoms with Crippen LogP contribution in [0.5, 0.6) is 0 Å². The van der Waals surface area contributed by atoms with Gasteiger partial charge in [0.1, 0.15) is 5.82 Å². The lowest BCUT2D eigenvalue weighted by Crippen LogP contribution is -2.38. The van der Waals surface area contributed by atoms with Gasteiger partial charge in [-0.25, -0.2) is 9.18 Å². The predicted molar refractivity (Wildman–Crippen MR) is 88.6 cm³/mol. The zero-order valence-corrected chi connectivity index (χ0v) is 13.5. The molecule has 3 rings (SSSR count). The van der Waals surface area contributed by atoms with Crippen molar-refractivity contribution in [1.82, 2.24) is 14.9 Å². The summed E-state index contributed by atoms with van der Waals surface area (Å²) in [5, 5.41) is 2.64. The van der Waals surface area contributed by atoms with Crippen LogP contribution in [0.3, 0.4) is 0 Å². The normalized spacial score (nSPS) is 14.9. The van der Waals surface area contributed by atoms with E-state index in [1.807, 2.05) is 0 Å². The minimum absolute atomic E-state index is 0.0765. The number of ketones is 1. The van der Waals surface area contributed by atoms with Gasteiger partial charge in [0.25, 0.3) is 0 Å². The van der Waals surface area contributed by atoms with Crippen LogP contribution in [0.4, 0.5) is 4.39 Å². The fraction of sp³-hybridized carbons (Fsp3) is 0.235. The number of carbonyl (C=O) groups excluding carboxylic acids is 1. The van der Waals surface area contributed by atoms with Crippen LogP contribution in [0, 0.1) is 5.82 Å². The number of hydrogen-bond acceptors (Lipinski definition) is 4. The third kappa shape index (κ3) is 3.23. The molecule has 0 saturated heterocycles. The van der Waals surface area contributed by atoms with Crippen molar-refractivity contribution in [2.75, 3.05) is 0 Å². The fourth-order valence-electron chi connectivity index (χ4n) is 2.43. The highest BCUT2D eigenvalue weighted by molar-refractivity contribution is 6.30. The molecule has 1 aliphatic rings. The van der Waals surface area contributed by atoms with Gasteiger partial charge in [-0.15, -0.1) is 0 Å². The van der Waals surface area contributed by atoms with Crippen LogP contribution in [0.25, 0.3) is 0 Å². The first-order valence-corrected chi connectivity index (χ1v) is 7.84. The van der Waals surface area contributed by atoms with Gasteiger partial charge < -0.3 is 5.32 Å². The number of nitrogens with one attached hydrogen (secondary N) is 1. The van der Waals surface area contributed by atoms with Gasteiger partial charge in [-0.3, -0.25) is 9.36 Å². The van der Waals surface area contributed by atoms with E-state index in [1.165, 1.54) is 29.1 Å². The molecule has 1 heterocycles. The second-order valence-corrected chi connectivity index (χ2v) is 5.99. The van der Waals surface area contributed by atoms with Crippen LogP contribution in [-0.4, -0.2) is 15.3 Å². The first-order valence-electron chi connectivity index (χ1n) is 7.46. The highest BCUT2D eigenvalue weighted by atomic mass is 35.5. The summed E-state index contributed by atoms with van der Waals surface area (Å²) in [5.41, 5.74) is 0.287. The van der Waals surface area contributed by atoms with Crippen molar-refractivity contribution in [3.05, 3.63) is 75.8 Å². The Balaban J connectivity index is 1.96. The number of halogens is 2. The monoisotopic (exact) mass is 347 g/mol. The number of aromatic nitrogens is 2. The molecule has 1 aromatic carbocycles. The summed E-state index contributed by atoms with van der Waals surface area (Å²) < 4.78 is 14.8. The van der Waals surface area contributed by atoms with Crippen LogP contribution in [0.1, 0.15) is 41.0 Å². The van der Waals surface area contributed by atoms with E-state index < -0.39 is 23.5 Å². The van der Waals surface area contributed by atoms with Gasteiger partial charge in [0.15, 0.2) is 6.17 Å². The topological polar surface area (TPSA) is 64.0 Å². The third-order valence-electron chi connectivity index (χ3n) is 3.85. The molecule has 1 aliphatic carbocycles. The summed E-state index contributed by atoms with van der Waals surface area (Å²) in [7, 11) is 0. The number of benzene rings is 1. The Morgan fingerprint density at radius 1 is 1.46 bits per heavy atom. The van der Waals surface area contributed by atoms with Crippen LogP contribution in [-0.2, 0) is 0 Å². The Morgan fingerprint density at radius 2 is 2.21 bits per heavy atom. The van der Waals surface area contributed by atoms with E-state index in [0.717, 1.165) is 24.6 Å². The van der Waals surface area contributed by atoms with Crippen LogP contribution >= 0.6 is 11.6 Å². The Labute approximate surface area is 142 Å². The quantitative estimate of drug-likeness (QED) is 0.816. The number of carbonyl (C=O) groups is 1. The minimum atomic E-state index is -1.06. The lowest BCUT2D eigenvalue weighted by Gasteiger charge is -2.19. The highest BCUT2D eigenvalue weighted by Crippen LogP contribution is 2.38. The summed E-state index contributed by atoms with van der Waals surface area (Å²) in [6, 6.07) is 5.47. The number of Topliss-reactive ketones (excluding diaryl/α,β-unsaturated/α-hetero) is 1. The Hall–Kier alpha value is -2.47. The smallest absolute Gasteiger partial charge is 0.349 e. The van der Waals surface area contributed by atoms with Crippen molar-refractivity contribution in [3.8, 4) is 0 Å². The average molecular weight is 348 g/mol. The van der Waals surface area contributed by atoms with E-state index in [1.54, 1.807) is 6.07 Å². The van der Waals surface area contributed by atoms with Gasteiger partial charge in [-0.2, -0.15) is 4.98 Å². The molecule has 24 heavy (non-hydrogen) atoms. The van der Waals surface area contributed by atoms with Crippen molar-refractivity contribution in [2.45, 2.75) is 24.9 Å². The molecular weight excluding hydrogens is 333 g/mol. The van der Waals surface area contributed by atoms with Gasteiger partial charge in [-0.1, -0.05) is 18.2 Å². The first-order chi connectivity index (χ1) is 11.5. The van der Waals surface area contributed by atoms with Gasteiger partial charge in [0, 0.05) is 17.7 Å². The SMILES string of the molecule is C=CNC(C(=O)c1ccc(Cl)c(F)c1)n1ccc(C2CC2)nc1=O. The second-order valence-electron chi connectivity index (χ2n) is 5.58. The predicted octanol–water partition coefficient (Wildman–Crippen LogP) is 3.03. The summed E-state index contributed by atoms with van der Waals surface area (Å²) in [6.07, 6.45) is 3.81. The molecule has 0 amide bonds. The Bertz CT molecular complexity index is 861. The Morgan fingerprint density at radius 3 is 2.79 bits per heavy atom. The molecule has 5 nitrogen and oxygen atoms in total. The summed E-state index contributed by atoms with van der Waals surface area (Å²) in [6.45, 7) is 3.52. The Kier molecular flexibility index (Phi) is 4.49. The van der Waals surface area contributed by atoms with Gasteiger partial charge in [-0.05, 0) is 43.3 Å². The molecule has 1 N–H and O–H groups in total. The number of hydrogen-bond donors (Lipinski definition) is 1. The van der Waals surface area contributed by atoms with Crippen molar-refractivity contribution < 1.29 is 9.18 Å². The summed E-state index contributed by atoms with van der Waals surface area (Å²) in [5.74, 6) is -0.859. The second kappa shape index (κ2) is 6.57. The maximum atomic E-state index is 13.6. The zero-order valence-electron chi connectivity index (χ0n) is 12.7. The maximum Gasteiger partial charge on any atom is 0.349 e. The molecule has 1 fully saturated rings. The lowest BCUT2D eigenvalue weighted by atomic mass is 10.1. The van der Waals surface area contributed by atoms with E-state index in [0.29, 0.717) is 5.92 Å². The van der Waals surface area contributed by atoms with Gasteiger partial charge >= 0.3 is 5.69 Å². The first kappa shape index (κ1) is 16.4.